The summed E-state index contributed by atoms with van der Waals surface area (Å²) >= 11 is 0. The van der Waals surface area contributed by atoms with E-state index in [0.717, 1.165) is 29.5 Å². The third-order valence-electron chi connectivity index (χ3n) is 3.73. The molecule has 25 heavy (non-hydrogen) atoms. The van der Waals surface area contributed by atoms with Gasteiger partial charge in [-0.1, -0.05) is 42.8 Å². The molecule has 0 bridgehead atoms. The van der Waals surface area contributed by atoms with Crippen molar-refractivity contribution in [2.45, 2.75) is 33.1 Å². The predicted molar refractivity (Wildman–Crippen MR) is 96.4 cm³/mol. The highest BCUT2D eigenvalue weighted by Crippen LogP contribution is 2.23. The van der Waals surface area contributed by atoms with Crippen molar-refractivity contribution in [3.05, 3.63) is 64.2 Å². The van der Waals surface area contributed by atoms with Crippen LogP contribution < -0.4 is 0 Å². The summed E-state index contributed by atoms with van der Waals surface area (Å²) in [6, 6.07) is 13.9. The van der Waals surface area contributed by atoms with E-state index in [2.05, 4.69) is 5.16 Å². The van der Waals surface area contributed by atoms with Crippen molar-refractivity contribution in [3.8, 4) is 11.1 Å². The average Bonchev–Trinajstić information content (AvgIpc) is 2.64. The molecular formula is C19H20N2O4. The Hall–Kier alpha value is -3.02. The lowest BCUT2D eigenvalue weighted by molar-refractivity contribution is -0.384. The molecule has 0 saturated carbocycles. The maximum absolute atomic E-state index is 11.5. The van der Waals surface area contributed by atoms with Crippen molar-refractivity contribution in [1.82, 2.24) is 0 Å². The van der Waals surface area contributed by atoms with Crippen LogP contribution in [0.3, 0.4) is 0 Å². The first-order valence-electron chi connectivity index (χ1n) is 8.11. The third kappa shape index (κ3) is 5.24. The van der Waals surface area contributed by atoms with Gasteiger partial charge in [0, 0.05) is 18.6 Å². The van der Waals surface area contributed by atoms with E-state index in [0.29, 0.717) is 12.1 Å². The Labute approximate surface area is 146 Å². The molecule has 0 unspecified atom stereocenters. The number of carbonyl (C=O) groups is 1. The quantitative estimate of drug-likeness (QED) is 0.316. The van der Waals surface area contributed by atoms with Crippen LogP contribution in [0.15, 0.2) is 53.7 Å². The molecule has 0 aliphatic heterocycles. The van der Waals surface area contributed by atoms with E-state index in [4.69, 9.17) is 4.84 Å². The van der Waals surface area contributed by atoms with Crippen LogP contribution in [0, 0.1) is 10.1 Å². The van der Waals surface area contributed by atoms with Gasteiger partial charge >= 0.3 is 5.97 Å². The SMILES string of the molecule is CCCCC(=O)O/N=C(\C)c1ccc(-c2ccc([N+](=O)[O-])cc2)cc1. The fourth-order valence-corrected chi connectivity index (χ4v) is 2.22. The Kier molecular flexibility index (Phi) is 6.39. The number of nitrogens with zero attached hydrogens (tertiary/aromatic N) is 2. The van der Waals surface area contributed by atoms with E-state index < -0.39 is 4.92 Å². The maximum Gasteiger partial charge on any atom is 0.335 e. The van der Waals surface area contributed by atoms with Gasteiger partial charge in [0.25, 0.3) is 5.69 Å². The van der Waals surface area contributed by atoms with E-state index in [-0.39, 0.29) is 11.7 Å². The molecule has 6 nitrogen and oxygen atoms in total. The van der Waals surface area contributed by atoms with E-state index in [1.54, 1.807) is 19.1 Å². The van der Waals surface area contributed by atoms with Gasteiger partial charge in [0.05, 0.1) is 10.6 Å². The fourth-order valence-electron chi connectivity index (χ4n) is 2.22. The number of nitro groups is 1. The molecule has 2 aromatic rings. The summed E-state index contributed by atoms with van der Waals surface area (Å²) in [6.07, 6.45) is 2.09. The Morgan fingerprint density at radius 1 is 1.08 bits per heavy atom. The number of hydrogen-bond acceptors (Lipinski definition) is 5. The van der Waals surface area contributed by atoms with Gasteiger partial charge in [-0.25, -0.2) is 4.79 Å². The van der Waals surface area contributed by atoms with E-state index in [9.17, 15) is 14.9 Å². The van der Waals surface area contributed by atoms with Crippen LogP contribution in [0.2, 0.25) is 0 Å². The lowest BCUT2D eigenvalue weighted by Crippen LogP contribution is -2.03. The minimum absolute atomic E-state index is 0.0632. The van der Waals surface area contributed by atoms with Crippen molar-refractivity contribution in [2.24, 2.45) is 5.16 Å². The van der Waals surface area contributed by atoms with Gasteiger partial charge in [0.15, 0.2) is 0 Å². The van der Waals surface area contributed by atoms with Gasteiger partial charge in [-0.2, -0.15) is 0 Å². The Bertz CT molecular complexity index is 765. The first kappa shape index (κ1) is 18.3. The molecule has 130 valence electrons. The van der Waals surface area contributed by atoms with Crippen molar-refractivity contribution in [2.75, 3.05) is 0 Å². The minimum Gasteiger partial charge on any atom is -0.318 e. The second-order valence-corrected chi connectivity index (χ2v) is 5.62. The van der Waals surface area contributed by atoms with E-state index >= 15 is 0 Å². The van der Waals surface area contributed by atoms with Crippen LogP contribution >= 0.6 is 0 Å². The van der Waals surface area contributed by atoms with Crippen LogP contribution in [0.5, 0.6) is 0 Å². The number of rotatable bonds is 7. The largest absolute Gasteiger partial charge is 0.335 e. The zero-order valence-corrected chi connectivity index (χ0v) is 14.3. The van der Waals surface area contributed by atoms with Crippen LogP contribution in [0.1, 0.15) is 38.7 Å². The zero-order chi connectivity index (χ0) is 18.2. The fraction of sp³-hybridized carbons (Fsp3) is 0.263. The summed E-state index contributed by atoms with van der Waals surface area (Å²) in [5.41, 5.74) is 3.34. The minimum atomic E-state index is -0.422. The molecule has 0 heterocycles. The molecule has 2 aromatic carbocycles. The van der Waals surface area contributed by atoms with Gasteiger partial charge in [-0.3, -0.25) is 10.1 Å². The molecule has 0 aliphatic carbocycles. The van der Waals surface area contributed by atoms with Crippen LogP contribution in [-0.4, -0.2) is 16.6 Å². The first-order chi connectivity index (χ1) is 12.0. The molecule has 0 N–H and O–H groups in total. The highest BCUT2D eigenvalue weighted by Gasteiger charge is 2.06. The standard InChI is InChI=1S/C19H20N2O4/c1-3-4-5-19(22)25-20-14(2)15-6-8-16(9-7-15)17-10-12-18(13-11-17)21(23)24/h6-13H,3-5H2,1-2H3/b20-14+. The molecule has 0 radical (unpaired) electrons. The van der Waals surface area contributed by atoms with Crippen molar-refractivity contribution < 1.29 is 14.6 Å². The lowest BCUT2D eigenvalue weighted by Gasteiger charge is -2.04. The van der Waals surface area contributed by atoms with Gasteiger partial charge in [0.2, 0.25) is 0 Å². The normalized spacial score (nSPS) is 11.2. The maximum atomic E-state index is 11.5. The summed E-state index contributed by atoms with van der Waals surface area (Å²) in [7, 11) is 0. The molecule has 6 heteroatoms. The number of unbranched alkanes of at least 4 members (excludes halogenated alkanes) is 1. The molecule has 0 aliphatic rings. The first-order valence-corrected chi connectivity index (χ1v) is 8.11. The molecule has 0 spiro atoms. The highest BCUT2D eigenvalue weighted by atomic mass is 16.7. The summed E-state index contributed by atoms with van der Waals surface area (Å²) < 4.78 is 0. The Balaban J connectivity index is 2.05. The molecule has 0 amide bonds. The zero-order valence-electron chi connectivity index (χ0n) is 14.3. The van der Waals surface area contributed by atoms with Crippen LogP contribution in [0.25, 0.3) is 11.1 Å². The smallest absolute Gasteiger partial charge is 0.318 e. The summed E-state index contributed by atoms with van der Waals surface area (Å²) in [6.45, 7) is 3.78. The van der Waals surface area contributed by atoms with Gasteiger partial charge in [-0.15, -0.1) is 0 Å². The van der Waals surface area contributed by atoms with E-state index in [1.807, 2.05) is 31.2 Å². The molecular weight excluding hydrogens is 320 g/mol. The predicted octanol–water partition coefficient (Wildman–Crippen LogP) is 4.72. The average molecular weight is 340 g/mol. The molecule has 2 rings (SSSR count). The highest BCUT2D eigenvalue weighted by molar-refractivity contribution is 5.99. The molecule has 0 aromatic heterocycles. The van der Waals surface area contributed by atoms with Gasteiger partial charge < -0.3 is 4.84 Å². The van der Waals surface area contributed by atoms with Crippen molar-refractivity contribution in [1.29, 1.82) is 0 Å². The number of hydrogen-bond donors (Lipinski definition) is 0. The van der Waals surface area contributed by atoms with Crippen molar-refractivity contribution in [3.63, 3.8) is 0 Å². The van der Waals surface area contributed by atoms with Crippen LogP contribution in [-0.2, 0) is 9.63 Å². The summed E-state index contributed by atoms with van der Waals surface area (Å²) in [5.74, 6) is -0.330. The second-order valence-electron chi connectivity index (χ2n) is 5.62. The number of carbonyl (C=O) groups excluding carboxylic acids is 1. The van der Waals surface area contributed by atoms with Crippen LogP contribution in [0.4, 0.5) is 5.69 Å². The second kappa shape index (κ2) is 8.73. The monoisotopic (exact) mass is 340 g/mol. The van der Waals surface area contributed by atoms with Gasteiger partial charge in [-0.05, 0) is 42.2 Å². The number of oxime groups is 1. The number of benzene rings is 2. The Morgan fingerprint density at radius 2 is 1.64 bits per heavy atom. The molecule has 0 saturated heterocycles. The topological polar surface area (TPSA) is 81.8 Å². The molecule has 0 fully saturated rings. The van der Waals surface area contributed by atoms with Gasteiger partial charge in [0.1, 0.15) is 0 Å². The number of nitro benzene ring substituents is 1. The third-order valence-corrected chi connectivity index (χ3v) is 3.73. The van der Waals surface area contributed by atoms with Crippen molar-refractivity contribution >= 4 is 17.4 Å². The Morgan fingerprint density at radius 3 is 2.16 bits per heavy atom. The summed E-state index contributed by atoms with van der Waals surface area (Å²) in [4.78, 5) is 26.6. The van der Waals surface area contributed by atoms with E-state index in [1.165, 1.54) is 12.1 Å². The number of non-ortho nitro benzene ring substituents is 1. The summed E-state index contributed by atoms with van der Waals surface area (Å²) in [5, 5.41) is 14.6. The lowest BCUT2D eigenvalue weighted by atomic mass is 10.0. The molecule has 0 atom stereocenters.